The van der Waals surface area contributed by atoms with Gasteiger partial charge in [-0.1, -0.05) is 92.0 Å². The van der Waals surface area contributed by atoms with E-state index in [1.165, 1.54) is 6.08 Å². The first-order valence-electron chi connectivity index (χ1n) is 8.92. The minimum atomic E-state index is -4.24. The molecule has 0 saturated heterocycles. The van der Waals surface area contributed by atoms with Crippen molar-refractivity contribution in [2.24, 2.45) is 16.7 Å². The maximum Gasteiger partial charge on any atom is 0.293 e. The summed E-state index contributed by atoms with van der Waals surface area (Å²) in [5.74, 6) is 0.253. The first-order chi connectivity index (χ1) is 10.9. The van der Waals surface area contributed by atoms with E-state index < -0.39 is 10.1 Å². The van der Waals surface area contributed by atoms with Crippen LogP contribution in [0.3, 0.4) is 0 Å². The molecule has 0 heterocycles. The summed E-state index contributed by atoms with van der Waals surface area (Å²) in [5, 5.41) is 0. The summed E-state index contributed by atoms with van der Waals surface area (Å²) in [6, 6.07) is 0. The fourth-order valence-corrected chi connectivity index (χ4v) is 3.24. The summed E-state index contributed by atoms with van der Waals surface area (Å²) >= 11 is 0. The van der Waals surface area contributed by atoms with Crippen LogP contribution in [0.1, 0.15) is 73.6 Å². The largest absolute Gasteiger partial charge is 0.293 e. The van der Waals surface area contributed by atoms with Crippen LogP contribution in [0, 0.1) is 16.7 Å². The molecular weight excluding hydrogens is 320 g/mol. The van der Waals surface area contributed by atoms with Crippen molar-refractivity contribution >= 4 is 10.1 Å². The highest BCUT2D eigenvalue weighted by Gasteiger charge is 2.36. The van der Waals surface area contributed by atoms with Gasteiger partial charge in [-0.25, -0.2) is 0 Å². The molecule has 1 N–H and O–H groups in total. The summed E-state index contributed by atoms with van der Waals surface area (Å²) < 4.78 is 31.3. The Balaban J connectivity index is 5.67. The van der Waals surface area contributed by atoms with Crippen LogP contribution in [0.5, 0.6) is 0 Å². The van der Waals surface area contributed by atoms with Crippen LogP contribution >= 0.6 is 0 Å². The summed E-state index contributed by atoms with van der Waals surface area (Å²) in [4.78, 5) is -0.300. The third-order valence-electron chi connectivity index (χ3n) is 6.12. The normalized spacial score (nSPS) is 14.8. The minimum absolute atomic E-state index is 0.104. The summed E-state index contributed by atoms with van der Waals surface area (Å²) in [6.07, 6.45) is 8.32. The molecule has 0 aromatic heterocycles. The summed E-state index contributed by atoms with van der Waals surface area (Å²) in [5.41, 5.74) is 1.23. The molecule has 24 heavy (non-hydrogen) atoms. The molecule has 1 atom stereocenters. The molecule has 0 aliphatic heterocycles. The summed E-state index contributed by atoms with van der Waals surface area (Å²) in [7, 11) is -4.24. The first-order valence-corrected chi connectivity index (χ1v) is 10.4. The Labute approximate surface area is 149 Å². The maximum atomic E-state index is 11.1. The van der Waals surface area contributed by atoms with Crippen LogP contribution in [0.4, 0.5) is 0 Å². The van der Waals surface area contributed by atoms with Crippen molar-refractivity contribution in [1.82, 2.24) is 0 Å². The third kappa shape index (κ3) is 6.21. The molecule has 0 aliphatic carbocycles. The molecule has 0 bridgehead atoms. The summed E-state index contributed by atoms with van der Waals surface area (Å²) in [6.45, 7) is 21.0. The van der Waals surface area contributed by atoms with Gasteiger partial charge in [0.05, 0.1) is 4.91 Å². The highest BCUT2D eigenvalue weighted by Crippen LogP contribution is 2.47. The Morgan fingerprint density at radius 3 is 1.79 bits per heavy atom. The van der Waals surface area contributed by atoms with Crippen molar-refractivity contribution in [2.45, 2.75) is 73.6 Å². The lowest BCUT2D eigenvalue weighted by atomic mass is 9.63. The lowest BCUT2D eigenvalue weighted by Gasteiger charge is -2.42. The van der Waals surface area contributed by atoms with Gasteiger partial charge in [-0.05, 0) is 29.2 Å². The highest BCUT2D eigenvalue weighted by molar-refractivity contribution is 7.90. The van der Waals surface area contributed by atoms with E-state index >= 15 is 0 Å². The van der Waals surface area contributed by atoms with Crippen LogP contribution < -0.4 is 0 Å². The molecule has 1 unspecified atom stereocenters. The standard InChI is InChI=1S/C20H36O3S/c1-9-19(7,10-2)15-18(20(8,11-3)12-4)16(5)13-14-17(6)24(21,22)23/h13-14,18H,5-6,9-12,15H2,1-4,7-8H3,(H,21,22,23). The third-order valence-corrected chi connectivity index (χ3v) is 6.92. The average Bonchev–Trinajstić information content (AvgIpc) is 2.55. The zero-order chi connectivity index (χ0) is 19.2. The van der Waals surface area contributed by atoms with Gasteiger partial charge in [-0.15, -0.1) is 0 Å². The second-order valence-corrected chi connectivity index (χ2v) is 8.96. The van der Waals surface area contributed by atoms with Crippen LogP contribution in [-0.2, 0) is 10.1 Å². The van der Waals surface area contributed by atoms with E-state index in [0.29, 0.717) is 0 Å². The Kier molecular flexibility index (Phi) is 8.68. The monoisotopic (exact) mass is 356 g/mol. The Morgan fingerprint density at radius 2 is 1.46 bits per heavy atom. The van der Waals surface area contributed by atoms with Gasteiger partial charge < -0.3 is 0 Å². The topological polar surface area (TPSA) is 54.4 Å². The predicted octanol–water partition coefficient (Wildman–Crippen LogP) is 6.16. The van der Waals surface area contributed by atoms with E-state index in [9.17, 15) is 8.42 Å². The van der Waals surface area contributed by atoms with Gasteiger partial charge in [0.15, 0.2) is 0 Å². The Hall–Kier alpha value is -0.870. The second-order valence-electron chi connectivity index (χ2n) is 7.49. The molecule has 3 nitrogen and oxygen atoms in total. The highest BCUT2D eigenvalue weighted by atomic mass is 32.2. The molecule has 0 rings (SSSR count). The van der Waals surface area contributed by atoms with Crippen molar-refractivity contribution < 1.29 is 13.0 Å². The van der Waals surface area contributed by atoms with Crippen LogP contribution in [0.15, 0.2) is 35.8 Å². The number of rotatable bonds is 11. The maximum absolute atomic E-state index is 11.1. The molecular formula is C20H36O3S. The minimum Gasteiger partial charge on any atom is -0.282 e. The number of allylic oxidation sites excluding steroid dienone is 3. The second kappa shape index (κ2) is 9.00. The molecule has 0 radical (unpaired) electrons. The smallest absolute Gasteiger partial charge is 0.282 e. The van der Waals surface area contributed by atoms with Crippen molar-refractivity contribution in [3.8, 4) is 0 Å². The van der Waals surface area contributed by atoms with Gasteiger partial charge in [-0.3, -0.25) is 4.55 Å². The molecule has 0 aliphatic rings. The van der Waals surface area contributed by atoms with Gasteiger partial charge in [0, 0.05) is 0 Å². The molecule has 140 valence electrons. The zero-order valence-electron chi connectivity index (χ0n) is 16.4. The number of hydrogen-bond acceptors (Lipinski definition) is 2. The van der Waals surface area contributed by atoms with Crippen LogP contribution in [0.25, 0.3) is 0 Å². The molecule has 0 spiro atoms. The van der Waals surface area contributed by atoms with E-state index in [4.69, 9.17) is 4.55 Å². The van der Waals surface area contributed by atoms with Gasteiger partial charge >= 0.3 is 0 Å². The number of hydrogen-bond donors (Lipinski definition) is 1. The molecule has 4 heteroatoms. The lowest BCUT2D eigenvalue weighted by molar-refractivity contribution is 0.125. The molecule has 0 amide bonds. The zero-order valence-corrected chi connectivity index (χ0v) is 17.2. The van der Waals surface area contributed by atoms with Gasteiger partial charge in [0.2, 0.25) is 0 Å². The van der Waals surface area contributed by atoms with E-state index in [0.717, 1.165) is 37.7 Å². The van der Waals surface area contributed by atoms with Gasteiger partial charge in [0.1, 0.15) is 0 Å². The van der Waals surface area contributed by atoms with E-state index in [-0.39, 0.29) is 21.7 Å². The lowest BCUT2D eigenvalue weighted by Crippen LogP contribution is -2.32. The SMILES string of the molecule is C=C(C=CC(=C)S(=O)(=O)O)C(CC(C)(CC)CC)C(C)(CC)CC. The fraction of sp³-hybridized carbons (Fsp3) is 0.700. The predicted molar refractivity (Wildman–Crippen MR) is 104 cm³/mol. The van der Waals surface area contributed by atoms with Crippen molar-refractivity contribution in [3.63, 3.8) is 0 Å². The Morgan fingerprint density at radius 1 is 1.00 bits per heavy atom. The van der Waals surface area contributed by atoms with Crippen molar-refractivity contribution in [3.05, 3.63) is 35.8 Å². The van der Waals surface area contributed by atoms with Crippen LogP contribution in [-0.4, -0.2) is 13.0 Å². The molecule has 0 fully saturated rings. The van der Waals surface area contributed by atoms with Gasteiger partial charge in [-0.2, -0.15) is 8.42 Å². The van der Waals surface area contributed by atoms with E-state index in [1.807, 2.05) is 0 Å². The average molecular weight is 357 g/mol. The van der Waals surface area contributed by atoms with Crippen molar-refractivity contribution in [1.29, 1.82) is 0 Å². The van der Waals surface area contributed by atoms with Crippen molar-refractivity contribution in [2.75, 3.05) is 0 Å². The molecule has 0 aromatic rings. The fourth-order valence-electron chi connectivity index (χ4n) is 3.00. The first kappa shape index (κ1) is 23.1. The Bertz CT molecular complexity index is 562. The van der Waals surface area contributed by atoms with Crippen LogP contribution in [0.2, 0.25) is 0 Å². The van der Waals surface area contributed by atoms with Gasteiger partial charge in [0.25, 0.3) is 10.1 Å². The molecule has 0 saturated carbocycles. The van der Waals surface area contributed by atoms with E-state index in [1.54, 1.807) is 6.08 Å². The van der Waals surface area contributed by atoms with E-state index in [2.05, 4.69) is 54.7 Å². The molecule has 0 aromatic carbocycles. The quantitative estimate of drug-likeness (QED) is 0.356.